The molecule has 2 nitrogen and oxygen atoms in total. The summed E-state index contributed by atoms with van der Waals surface area (Å²) >= 11 is 3.36. The first-order valence-electron chi connectivity index (χ1n) is 6.41. The summed E-state index contributed by atoms with van der Waals surface area (Å²) < 4.78 is 19.7. The molecule has 4 heteroatoms. The Labute approximate surface area is 127 Å². The molecule has 0 aliphatic carbocycles. The summed E-state index contributed by atoms with van der Waals surface area (Å²) in [7, 11) is 1.65. The fraction of sp³-hybridized carbons (Fsp3) is 0.250. The van der Waals surface area contributed by atoms with Crippen molar-refractivity contribution in [1.82, 2.24) is 5.32 Å². The maximum Gasteiger partial charge on any atom is 0.127 e. The normalized spacial score (nSPS) is 12.2. The maximum atomic E-state index is 13.7. The first-order chi connectivity index (χ1) is 9.60. The van der Waals surface area contributed by atoms with Crippen molar-refractivity contribution in [2.24, 2.45) is 0 Å². The molecule has 2 rings (SSSR count). The van der Waals surface area contributed by atoms with Gasteiger partial charge in [0.1, 0.15) is 11.6 Å². The van der Waals surface area contributed by atoms with Crippen molar-refractivity contribution in [3.63, 3.8) is 0 Å². The van der Waals surface area contributed by atoms with Crippen LogP contribution in [0.1, 0.15) is 24.1 Å². The third kappa shape index (κ3) is 3.81. The Morgan fingerprint density at radius 2 is 2.05 bits per heavy atom. The molecule has 1 atom stereocenters. The van der Waals surface area contributed by atoms with Crippen molar-refractivity contribution < 1.29 is 9.13 Å². The molecule has 1 unspecified atom stereocenters. The molecule has 0 heterocycles. The van der Waals surface area contributed by atoms with E-state index in [-0.39, 0.29) is 11.9 Å². The number of rotatable bonds is 5. The average molecular weight is 338 g/mol. The highest BCUT2D eigenvalue weighted by molar-refractivity contribution is 9.10. The van der Waals surface area contributed by atoms with Crippen molar-refractivity contribution in [2.75, 3.05) is 7.11 Å². The summed E-state index contributed by atoms with van der Waals surface area (Å²) in [6, 6.07) is 12.9. The third-order valence-corrected chi connectivity index (χ3v) is 3.69. The van der Waals surface area contributed by atoms with Gasteiger partial charge in [-0.2, -0.15) is 0 Å². The molecule has 0 aliphatic heterocycles. The lowest BCUT2D eigenvalue weighted by Crippen LogP contribution is -2.18. The molecule has 0 amide bonds. The number of nitrogens with one attached hydrogen (secondary N) is 1. The van der Waals surface area contributed by atoms with Gasteiger partial charge in [0.2, 0.25) is 0 Å². The van der Waals surface area contributed by atoms with Gasteiger partial charge in [-0.05, 0) is 42.8 Å². The van der Waals surface area contributed by atoms with Gasteiger partial charge < -0.3 is 10.1 Å². The Kier molecular flexibility index (Phi) is 5.15. The van der Waals surface area contributed by atoms with Gasteiger partial charge in [0.05, 0.1) is 7.11 Å². The molecule has 1 N–H and O–H groups in total. The number of benzene rings is 2. The van der Waals surface area contributed by atoms with Crippen LogP contribution in [0.2, 0.25) is 0 Å². The van der Waals surface area contributed by atoms with E-state index in [1.165, 1.54) is 6.07 Å². The molecule has 0 bridgehead atoms. The summed E-state index contributed by atoms with van der Waals surface area (Å²) in [6.07, 6.45) is 0. The minimum atomic E-state index is -0.196. The van der Waals surface area contributed by atoms with E-state index < -0.39 is 0 Å². The fourth-order valence-electron chi connectivity index (χ4n) is 1.97. The lowest BCUT2D eigenvalue weighted by molar-refractivity contribution is 0.413. The quantitative estimate of drug-likeness (QED) is 0.870. The largest absolute Gasteiger partial charge is 0.497 e. The van der Waals surface area contributed by atoms with Crippen LogP contribution in [0.3, 0.4) is 0 Å². The van der Waals surface area contributed by atoms with Gasteiger partial charge in [-0.25, -0.2) is 4.39 Å². The number of halogens is 2. The van der Waals surface area contributed by atoms with Gasteiger partial charge in [-0.1, -0.05) is 28.1 Å². The van der Waals surface area contributed by atoms with E-state index in [1.54, 1.807) is 19.2 Å². The Balaban J connectivity index is 2.04. The lowest BCUT2D eigenvalue weighted by atomic mass is 10.1. The number of hydrogen-bond donors (Lipinski definition) is 1. The van der Waals surface area contributed by atoms with E-state index in [4.69, 9.17) is 4.74 Å². The van der Waals surface area contributed by atoms with Gasteiger partial charge in [0.15, 0.2) is 0 Å². The van der Waals surface area contributed by atoms with Crippen LogP contribution in [0, 0.1) is 5.82 Å². The molecule has 0 fully saturated rings. The smallest absolute Gasteiger partial charge is 0.127 e. The summed E-state index contributed by atoms with van der Waals surface area (Å²) in [6.45, 7) is 2.52. The molecule has 2 aromatic rings. The van der Waals surface area contributed by atoms with Crippen LogP contribution < -0.4 is 10.1 Å². The van der Waals surface area contributed by atoms with Crippen molar-refractivity contribution in [3.05, 3.63) is 63.9 Å². The maximum absolute atomic E-state index is 13.7. The zero-order valence-corrected chi connectivity index (χ0v) is 13.1. The predicted molar refractivity (Wildman–Crippen MR) is 82.3 cm³/mol. The van der Waals surface area contributed by atoms with Crippen molar-refractivity contribution in [2.45, 2.75) is 19.5 Å². The first-order valence-corrected chi connectivity index (χ1v) is 7.20. The second kappa shape index (κ2) is 6.86. The zero-order chi connectivity index (χ0) is 14.5. The molecular formula is C16H17BrFNO. The van der Waals surface area contributed by atoms with Crippen LogP contribution in [0.25, 0.3) is 0 Å². The highest BCUT2D eigenvalue weighted by atomic mass is 79.9. The number of ether oxygens (including phenoxy) is 1. The second-order valence-electron chi connectivity index (χ2n) is 4.61. The van der Waals surface area contributed by atoms with E-state index in [0.29, 0.717) is 12.1 Å². The fourth-order valence-corrected chi connectivity index (χ4v) is 2.38. The zero-order valence-electron chi connectivity index (χ0n) is 11.5. The topological polar surface area (TPSA) is 21.3 Å². The Morgan fingerprint density at radius 3 is 2.80 bits per heavy atom. The standard InChI is InChI=1S/C16H17BrFNO/c1-11(12-4-3-5-15(9-12)20-2)19-10-13-8-14(17)6-7-16(13)18/h3-9,11,19H,10H2,1-2H3. The van der Waals surface area contributed by atoms with Crippen LogP contribution >= 0.6 is 15.9 Å². The van der Waals surface area contributed by atoms with Crippen molar-refractivity contribution >= 4 is 15.9 Å². The first kappa shape index (κ1) is 15.0. The molecule has 20 heavy (non-hydrogen) atoms. The Morgan fingerprint density at radius 1 is 1.25 bits per heavy atom. The molecule has 0 aromatic heterocycles. The van der Waals surface area contributed by atoms with Crippen LogP contribution in [0.4, 0.5) is 4.39 Å². The van der Waals surface area contributed by atoms with E-state index in [0.717, 1.165) is 15.8 Å². The second-order valence-corrected chi connectivity index (χ2v) is 5.53. The lowest BCUT2D eigenvalue weighted by Gasteiger charge is -2.15. The summed E-state index contributed by atoms with van der Waals surface area (Å²) in [5.41, 5.74) is 1.76. The van der Waals surface area contributed by atoms with E-state index in [2.05, 4.69) is 21.2 Å². The average Bonchev–Trinajstić information content (AvgIpc) is 2.48. The highest BCUT2D eigenvalue weighted by Crippen LogP contribution is 2.20. The van der Waals surface area contributed by atoms with E-state index in [9.17, 15) is 4.39 Å². The minimum Gasteiger partial charge on any atom is -0.497 e. The van der Waals surface area contributed by atoms with Crippen LogP contribution in [0.5, 0.6) is 5.75 Å². The van der Waals surface area contributed by atoms with Crippen molar-refractivity contribution in [1.29, 1.82) is 0 Å². The Hall–Kier alpha value is -1.39. The minimum absolute atomic E-state index is 0.114. The summed E-state index contributed by atoms with van der Waals surface area (Å²) in [5, 5.41) is 3.32. The SMILES string of the molecule is COc1cccc(C(C)NCc2cc(Br)ccc2F)c1. The molecule has 0 spiro atoms. The monoisotopic (exact) mass is 337 g/mol. The van der Waals surface area contributed by atoms with E-state index >= 15 is 0 Å². The molecule has 0 radical (unpaired) electrons. The van der Waals surface area contributed by atoms with Gasteiger partial charge in [0.25, 0.3) is 0 Å². The highest BCUT2D eigenvalue weighted by Gasteiger charge is 2.08. The van der Waals surface area contributed by atoms with Crippen LogP contribution in [0.15, 0.2) is 46.9 Å². The van der Waals surface area contributed by atoms with Gasteiger partial charge in [-0.3, -0.25) is 0 Å². The number of hydrogen-bond acceptors (Lipinski definition) is 2. The van der Waals surface area contributed by atoms with Gasteiger partial charge in [0, 0.05) is 22.6 Å². The van der Waals surface area contributed by atoms with Crippen molar-refractivity contribution in [3.8, 4) is 5.75 Å². The third-order valence-electron chi connectivity index (χ3n) is 3.20. The molecule has 0 saturated heterocycles. The molecule has 106 valence electrons. The molecule has 0 aliphatic rings. The molecular weight excluding hydrogens is 321 g/mol. The predicted octanol–water partition coefficient (Wildman–Crippen LogP) is 4.45. The molecule has 0 saturated carbocycles. The summed E-state index contributed by atoms with van der Waals surface area (Å²) in [5.74, 6) is 0.628. The van der Waals surface area contributed by atoms with Crippen LogP contribution in [-0.4, -0.2) is 7.11 Å². The van der Waals surface area contributed by atoms with Gasteiger partial charge >= 0.3 is 0 Å². The summed E-state index contributed by atoms with van der Waals surface area (Å²) in [4.78, 5) is 0. The van der Waals surface area contributed by atoms with Crippen LogP contribution in [-0.2, 0) is 6.54 Å². The number of methoxy groups -OCH3 is 1. The van der Waals surface area contributed by atoms with Gasteiger partial charge in [-0.15, -0.1) is 0 Å². The molecule has 2 aromatic carbocycles. The Bertz CT molecular complexity index is 588. The van der Waals surface area contributed by atoms with E-state index in [1.807, 2.05) is 31.2 Å².